The van der Waals surface area contributed by atoms with Crippen LogP contribution < -0.4 is 0 Å². The molecule has 1 spiro atoms. The zero-order chi connectivity index (χ0) is 24.7. The summed E-state index contributed by atoms with van der Waals surface area (Å²) in [6, 6.07) is 8.52. The molecule has 2 fully saturated rings. The van der Waals surface area contributed by atoms with Crippen molar-refractivity contribution in [3.8, 4) is 0 Å². The van der Waals surface area contributed by atoms with Crippen LogP contribution in [0.3, 0.4) is 0 Å². The first-order valence-electron chi connectivity index (χ1n) is 10.9. The molecule has 182 valence electrons. The normalized spacial score (nSPS) is 27.4. The lowest BCUT2D eigenvalue weighted by Gasteiger charge is -2.47. The Morgan fingerprint density at radius 2 is 1.80 bits per heavy atom. The molecular formula is C23H21ClN4O7. The Labute approximate surface area is 204 Å². The van der Waals surface area contributed by atoms with E-state index in [9.17, 15) is 14.4 Å². The molecule has 5 atom stereocenters. The van der Waals surface area contributed by atoms with Crippen LogP contribution in [0.2, 0.25) is 5.15 Å². The first-order valence-corrected chi connectivity index (χ1v) is 11.3. The van der Waals surface area contributed by atoms with Gasteiger partial charge in [-0.1, -0.05) is 29.8 Å². The summed E-state index contributed by atoms with van der Waals surface area (Å²) in [5, 5.41) is 0.139. The van der Waals surface area contributed by atoms with Crippen molar-refractivity contribution in [1.82, 2.24) is 19.5 Å². The minimum Gasteiger partial charge on any atom is -0.456 e. The Hall–Kier alpha value is -3.57. The van der Waals surface area contributed by atoms with Gasteiger partial charge in [0.25, 0.3) is 0 Å². The maximum Gasteiger partial charge on any atom is 0.338 e. The van der Waals surface area contributed by atoms with Gasteiger partial charge in [0.1, 0.15) is 23.5 Å². The first-order chi connectivity index (χ1) is 16.8. The molecule has 1 aliphatic heterocycles. The van der Waals surface area contributed by atoms with Gasteiger partial charge < -0.3 is 18.9 Å². The van der Waals surface area contributed by atoms with Gasteiger partial charge >= 0.3 is 17.9 Å². The van der Waals surface area contributed by atoms with E-state index in [2.05, 4.69) is 15.0 Å². The molecule has 0 bridgehead atoms. The molecule has 2 aromatic heterocycles. The summed E-state index contributed by atoms with van der Waals surface area (Å²) in [6.45, 7) is 2.49. The SMILES string of the molecule is CC(=O)OC1C(n2cnc3c(Cl)ncnc32)O[C@]2(CC[C@@H]2OC(=O)c2ccccc2)C1OC(C)=O. The number of esters is 3. The monoisotopic (exact) mass is 500 g/mol. The van der Waals surface area contributed by atoms with Gasteiger partial charge in [0.15, 0.2) is 29.2 Å². The predicted octanol–water partition coefficient (Wildman–Crippen LogP) is 2.63. The number of nitrogens with zero attached hydrogens (tertiary/aromatic N) is 4. The number of hydrogen-bond acceptors (Lipinski definition) is 10. The third kappa shape index (κ3) is 4.00. The zero-order valence-corrected chi connectivity index (χ0v) is 19.5. The summed E-state index contributed by atoms with van der Waals surface area (Å²) in [7, 11) is 0. The van der Waals surface area contributed by atoms with Crippen molar-refractivity contribution in [2.75, 3.05) is 0 Å². The molecule has 0 amide bonds. The number of fused-ring (bicyclic) bond motifs is 1. The van der Waals surface area contributed by atoms with E-state index in [4.69, 9.17) is 30.5 Å². The molecule has 3 heterocycles. The van der Waals surface area contributed by atoms with Crippen molar-refractivity contribution in [2.24, 2.45) is 0 Å². The van der Waals surface area contributed by atoms with Gasteiger partial charge in [-0.25, -0.2) is 19.7 Å². The molecule has 1 saturated carbocycles. The Morgan fingerprint density at radius 3 is 2.46 bits per heavy atom. The molecule has 35 heavy (non-hydrogen) atoms. The van der Waals surface area contributed by atoms with Gasteiger partial charge in [-0.15, -0.1) is 0 Å². The van der Waals surface area contributed by atoms with Crippen molar-refractivity contribution in [2.45, 2.75) is 56.8 Å². The Bertz CT molecular complexity index is 1300. The molecule has 1 saturated heterocycles. The summed E-state index contributed by atoms with van der Waals surface area (Å²) in [4.78, 5) is 49.3. The third-order valence-electron chi connectivity index (χ3n) is 6.19. The lowest BCUT2D eigenvalue weighted by molar-refractivity contribution is -0.221. The van der Waals surface area contributed by atoms with E-state index in [0.29, 0.717) is 29.6 Å². The highest BCUT2D eigenvalue weighted by molar-refractivity contribution is 6.33. The van der Waals surface area contributed by atoms with E-state index in [1.54, 1.807) is 30.3 Å². The maximum atomic E-state index is 12.8. The highest BCUT2D eigenvalue weighted by Crippen LogP contribution is 2.53. The van der Waals surface area contributed by atoms with Crippen molar-refractivity contribution in [3.05, 3.63) is 53.7 Å². The molecule has 5 rings (SSSR count). The zero-order valence-electron chi connectivity index (χ0n) is 18.8. The highest BCUT2D eigenvalue weighted by atomic mass is 35.5. The van der Waals surface area contributed by atoms with Gasteiger partial charge in [0.05, 0.1) is 11.9 Å². The van der Waals surface area contributed by atoms with Crippen molar-refractivity contribution in [3.63, 3.8) is 0 Å². The number of halogens is 1. The lowest BCUT2D eigenvalue weighted by Crippen LogP contribution is -2.62. The number of imidazole rings is 1. The summed E-state index contributed by atoms with van der Waals surface area (Å²) < 4.78 is 25.0. The number of carbonyl (C=O) groups excluding carboxylic acids is 3. The van der Waals surface area contributed by atoms with Gasteiger partial charge in [-0.2, -0.15) is 0 Å². The first kappa shape index (κ1) is 23.2. The van der Waals surface area contributed by atoms with Crippen LogP contribution >= 0.6 is 11.6 Å². The van der Waals surface area contributed by atoms with Crippen LogP contribution in [0, 0.1) is 0 Å². The van der Waals surface area contributed by atoms with Crippen molar-refractivity contribution < 1.29 is 33.3 Å². The van der Waals surface area contributed by atoms with Crippen LogP contribution in [0.4, 0.5) is 0 Å². The number of ether oxygens (including phenoxy) is 4. The van der Waals surface area contributed by atoms with Crippen LogP contribution in [-0.4, -0.2) is 61.3 Å². The van der Waals surface area contributed by atoms with Crippen LogP contribution in [-0.2, 0) is 28.5 Å². The molecular weight excluding hydrogens is 480 g/mol. The Morgan fingerprint density at radius 1 is 1.06 bits per heavy atom. The lowest BCUT2D eigenvalue weighted by atomic mass is 9.72. The van der Waals surface area contributed by atoms with Crippen LogP contribution in [0.15, 0.2) is 43.0 Å². The smallest absolute Gasteiger partial charge is 0.338 e. The third-order valence-corrected chi connectivity index (χ3v) is 6.46. The number of rotatable bonds is 5. The number of aromatic nitrogens is 4. The number of benzene rings is 1. The van der Waals surface area contributed by atoms with Gasteiger partial charge in [0, 0.05) is 13.8 Å². The van der Waals surface area contributed by atoms with Crippen molar-refractivity contribution in [1.29, 1.82) is 0 Å². The van der Waals surface area contributed by atoms with Gasteiger partial charge in [0.2, 0.25) is 0 Å². The molecule has 2 aliphatic rings. The average molecular weight is 501 g/mol. The van der Waals surface area contributed by atoms with E-state index < -0.39 is 48.0 Å². The number of carbonyl (C=O) groups is 3. The largest absolute Gasteiger partial charge is 0.456 e. The van der Waals surface area contributed by atoms with E-state index in [-0.39, 0.29) is 5.15 Å². The van der Waals surface area contributed by atoms with E-state index >= 15 is 0 Å². The van der Waals surface area contributed by atoms with Crippen molar-refractivity contribution >= 4 is 40.7 Å². The Kier molecular flexibility index (Phi) is 5.89. The fourth-order valence-electron chi connectivity index (χ4n) is 4.61. The van der Waals surface area contributed by atoms with E-state index in [1.807, 2.05) is 0 Å². The topological polar surface area (TPSA) is 132 Å². The molecule has 11 nitrogen and oxygen atoms in total. The molecule has 3 unspecified atom stereocenters. The molecule has 1 aliphatic carbocycles. The summed E-state index contributed by atoms with van der Waals surface area (Å²) >= 11 is 6.15. The van der Waals surface area contributed by atoms with Gasteiger partial charge in [-0.3, -0.25) is 14.2 Å². The molecule has 1 aromatic carbocycles. The van der Waals surface area contributed by atoms with Crippen LogP contribution in [0.5, 0.6) is 0 Å². The number of hydrogen-bond donors (Lipinski definition) is 0. The van der Waals surface area contributed by atoms with E-state index in [0.717, 1.165) is 0 Å². The summed E-state index contributed by atoms with van der Waals surface area (Å²) in [5.41, 5.74) is -0.210. The molecule has 0 N–H and O–H groups in total. The maximum absolute atomic E-state index is 12.8. The summed E-state index contributed by atoms with van der Waals surface area (Å²) in [6.07, 6.45) is -0.297. The average Bonchev–Trinajstić information content (AvgIpc) is 3.38. The van der Waals surface area contributed by atoms with Crippen LogP contribution in [0.1, 0.15) is 43.3 Å². The molecule has 0 radical (unpaired) electrons. The predicted molar refractivity (Wildman–Crippen MR) is 119 cm³/mol. The summed E-state index contributed by atoms with van der Waals surface area (Å²) in [5.74, 6) is -1.75. The fraction of sp³-hybridized carbons (Fsp3) is 0.391. The second kappa shape index (κ2) is 8.90. The molecule has 12 heteroatoms. The minimum absolute atomic E-state index is 0.139. The molecule has 3 aromatic rings. The van der Waals surface area contributed by atoms with Gasteiger partial charge in [-0.05, 0) is 25.0 Å². The minimum atomic E-state index is -1.24. The second-order valence-electron chi connectivity index (χ2n) is 8.35. The fourth-order valence-corrected chi connectivity index (χ4v) is 4.78. The Balaban J connectivity index is 1.54. The second-order valence-corrected chi connectivity index (χ2v) is 8.71. The standard InChI is InChI=1S/C23H21ClN4O7/c1-12(29)32-17-18(33-13(2)30)23(9-8-15(23)34-22(31)14-6-4-3-5-7-14)35-21(17)28-11-27-16-19(24)25-10-26-20(16)28/h3-7,10-11,15,17-18,21H,8-9H2,1-2H3/t15-,17?,18?,21?,23-/m0/s1. The quantitative estimate of drug-likeness (QED) is 0.292. The van der Waals surface area contributed by atoms with E-state index in [1.165, 1.54) is 31.1 Å². The highest BCUT2D eigenvalue weighted by Gasteiger charge is 2.68. The van der Waals surface area contributed by atoms with Crippen LogP contribution in [0.25, 0.3) is 11.2 Å².